The number of aryl methyl sites for hydroxylation is 2. The van der Waals surface area contributed by atoms with Gasteiger partial charge in [0.15, 0.2) is 11.6 Å². The lowest BCUT2D eigenvalue weighted by molar-refractivity contribution is 0.436. The SMILES string of the molecule is Cc1cccc(C)c1Oc1ccc(CN)cc1F. The molecule has 2 aromatic rings. The Morgan fingerprint density at radius 3 is 2.33 bits per heavy atom. The molecule has 2 nitrogen and oxygen atoms in total. The average Bonchev–Trinajstić information content (AvgIpc) is 2.35. The summed E-state index contributed by atoms with van der Waals surface area (Å²) in [6.07, 6.45) is 0. The maximum absolute atomic E-state index is 13.8. The van der Waals surface area contributed by atoms with Gasteiger partial charge in [-0.1, -0.05) is 24.3 Å². The molecule has 0 bridgehead atoms. The summed E-state index contributed by atoms with van der Waals surface area (Å²) in [6.45, 7) is 4.20. The molecule has 2 N–H and O–H groups in total. The van der Waals surface area contributed by atoms with Gasteiger partial charge in [-0.05, 0) is 42.7 Å². The fraction of sp³-hybridized carbons (Fsp3) is 0.200. The number of para-hydroxylation sites is 1. The van der Waals surface area contributed by atoms with Crippen molar-refractivity contribution in [3.63, 3.8) is 0 Å². The van der Waals surface area contributed by atoms with Gasteiger partial charge < -0.3 is 10.5 Å². The molecule has 0 aromatic heterocycles. The second kappa shape index (κ2) is 5.19. The smallest absolute Gasteiger partial charge is 0.166 e. The number of hydrogen-bond donors (Lipinski definition) is 1. The Morgan fingerprint density at radius 1 is 1.11 bits per heavy atom. The van der Waals surface area contributed by atoms with E-state index in [1.165, 1.54) is 6.07 Å². The Balaban J connectivity index is 2.34. The predicted molar refractivity (Wildman–Crippen MR) is 70.3 cm³/mol. The summed E-state index contributed by atoms with van der Waals surface area (Å²) in [5, 5.41) is 0. The first-order chi connectivity index (χ1) is 8.61. The maximum atomic E-state index is 13.8. The van der Waals surface area contributed by atoms with Crippen LogP contribution in [-0.4, -0.2) is 0 Å². The van der Waals surface area contributed by atoms with Gasteiger partial charge in [0.1, 0.15) is 5.75 Å². The zero-order valence-electron chi connectivity index (χ0n) is 10.5. The van der Waals surface area contributed by atoms with Crippen molar-refractivity contribution >= 4 is 0 Å². The van der Waals surface area contributed by atoms with E-state index in [1.54, 1.807) is 12.1 Å². The van der Waals surface area contributed by atoms with Crippen molar-refractivity contribution in [1.29, 1.82) is 0 Å². The molecule has 0 unspecified atom stereocenters. The third-order valence-electron chi connectivity index (χ3n) is 2.85. The van der Waals surface area contributed by atoms with Crippen LogP contribution in [-0.2, 0) is 6.54 Å². The minimum Gasteiger partial charge on any atom is -0.454 e. The summed E-state index contributed by atoms with van der Waals surface area (Å²) in [7, 11) is 0. The van der Waals surface area contributed by atoms with Crippen LogP contribution in [0.5, 0.6) is 11.5 Å². The Hall–Kier alpha value is -1.87. The number of rotatable bonds is 3. The molecule has 0 atom stereocenters. The predicted octanol–water partition coefficient (Wildman–Crippen LogP) is 3.69. The maximum Gasteiger partial charge on any atom is 0.166 e. The molecule has 0 radical (unpaired) electrons. The number of ether oxygens (including phenoxy) is 1. The van der Waals surface area contributed by atoms with Crippen molar-refractivity contribution in [1.82, 2.24) is 0 Å². The number of nitrogens with two attached hydrogens (primary N) is 1. The van der Waals surface area contributed by atoms with Crippen molar-refractivity contribution in [2.45, 2.75) is 20.4 Å². The molecule has 0 fully saturated rings. The van der Waals surface area contributed by atoms with Crippen molar-refractivity contribution in [2.75, 3.05) is 0 Å². The standard InChI is InChI=1S/C15H16FNO/c1-10-4-3-5-11(2)15(10)18-14-7-6-12(9-17)8-13(14)16/h3-8H,9,17H2,1-2H3. The Labute approximate surface area is 106 Å². The minimum absolute atomic E-state index is 0.226. The molecule has 0 heterocycles. The van der Waals surface area contributed by atoms with Crippen molar-refractivity contribution < 1.29 is 9.13 Å². The first-order valence-electron chi connectivity index (χ1n) is 5.84. The molecule has 0 spiro atoms. The Morgan fingerprint density at radius 2 is 1.78 bits per heavy atom. The van der Waals surface area contributed by atoms with E-state index in [1.807, 2.05) is 32.0 Å². The molecule has 0 aliphatic heterocycles. The van der Waals surface area contributed by atoms with Crippen molar-refractivity contribution in [3.8, 4) is 11.5 Å². The highest BCUT2D eigenvalue weighted by Gasteiger charge is 2.09. The Kier molecular flexibility index (Phi) is 3.63. The molecule has 0 aliphatic carbocycles. The summed E-state index contributed by atoms with van der Waals surface area (Å²) in [5.41, 5.74) is 8.18. The highest BCUT2D eigenvalue weighted by molar-refractivity contribution is 5.43. The van der Waals surface area contributed by atoms with E-state index in [0.29, 0.717) is 12.3 Å². The van der Waals surface area contributed by atoms with Gasteiger partial charge >= 0.3 is 0 Å². The van der Waals surface area contributed by atoms with Crippen LogP contribution in [0.3, 0.4) is 0 Å². The van der Waals surface area contributed by atoms with Crippen LogP contribution in [0.25, 0.3) is 0 Å². The lowest BCUT2D eigenvalue weighted by atomic mass is 10.1. The van der Waals surface area contributed by atoms with E-state index in [2.05, 4.69) is 0 Å². The monoisotopic (exact) mass is 245 g/mol. The first-order valence-corrected chi connectivity index (χ1v) is 5.84. The van der Waals surface area contributed by atoms with Gasteiger partial charge in [0.05, 0.1) is 0 Å². The first kappa shape index (κ1) is 12.6. The normalized spacial score (nSPS) is 10.4. The van der Waals surface area contributed by atoms with Gasteiger partial charge in [-0.3, -0.25) is 0 Å². The van der Waals surface area contributed by atoms with E-state index < -0.39 is 0 Å². The van der Waals surface area contributed by atoms with E-state index in [4.69, 9.17) is 10.5 Å². The summed E-state index contributed by atoms with van der Waals surface area (Å²) in [5.74, 6) is 0.544. The molecular weight excluding hydrogens is 229 g/mol. The molecule has 0 saturated carbocycles. The van der Waals surface area contributed by atoms with Crippen LogP contribution in [0.4, 0.5) is 4.39 Å². The fourth-order valence-corrected chi connectivity index (χ4v) is 1.82. The van der Waals surface area contributed by atoms with E-state index in [9.17, 15) is 4.39 Å². The van der Waals surface area contributed by atoms with Crippen LogP contribution in [0.15, 0.2) is 36.4 Å². The van der Waals surface area contributed by atoms with Gasteiger partial charge in [-0.25, -0.2) is 4.39 Å². The zero-order chi connectivity index (χ0) is 13.1. The van der Waals surface area contributed by atoms with Gasteiger partial charge in [0.25, 0.3) is 0 Å². The highest BCUT2D eigenvalue weighted by Crippen LogP contribution is 2.30. The molecule has 3 heteroatoms. The van der Waals surface area contributed by atoms with Crippen LogP contribution >= 0.6 is 0 Å². The number of hydrogen-bond acceptors (Lipinski definition) is 2. The summed E-state index contributed by atoms with van der Waals surface area (Å²) < 4.78 is 19.5. The second-order valence-corrected chi connectivity index (χ2v) is 4.29. The number of halogens is 1. The van der Waals surface area contributed by atoms with Crippen LogP contribution in [0.1, 0.15) is 16.7 Å². The average molecular weight is 245 g/mol. The number of benzene rings is 2. The second-order valence-electron chi connectivity index (χ2n) is 4.29. The van der Waals surface area contributed by atoms with Crippen LogP contribution < -0.4 is 10.5 Å². The van der Waals surface area contributed by atoms with E-state index in [-0.39, 0.29) is 11.6 Å². The minimum atomic E-state index is -0.388. The molecule has 0 amide bonds. The molecule has 0 aliphatic rings. The summed E-state index contributed by atoms with van der Waals surface area (Å²) >= 11 is 0. The zero-order valence-corrected chi connectivity index (χ0v) is 10.5. The largest absolute Gasteiger partial charge is 0.454 e. The molecule has 94 valence electrons. The van der Waals surface area contributed by atoms with Gasteiger partial charge in [0, 0.05) is 6.54 Å². The van der Waals surface area contributed by atoms with Gasteiger partial charge in [0.2, 0.25) is 0 Å². The lowest BCUT2D eigenvalue weighted by Crippen LogP contribution is -1.98. The van der Waals surface area contributed by atoms with Crippen molar-refractivity contribution in [2.24, 2.45) is 5.73 Å². The van der Waals surface area contributed by atoms with Gasteiger partial charge in [-0.15, -0.1) is 0 Å². The summed E-state index contributed by atoms with van der Waals surface area (Å²) in [6, 6.07) is 10.6. The quantitative estimate of drug-likeness (QED) is 0.895. The van der Waals surface area contributed by atoms with Gasteiger partial charge in [-0.2, -0.15) is 0 Å². The van der Waals surface area contributed by atoms with E-state index >= 15 is 0 Å². The molecule has 18 heavy (non-hydrogen) atoms. The highest BCUT2D eigenvalue weighted by atomic mass is 19.1. The molecule has 2 rings (SSSR count). The third kappa shape index (κ3) is 2.51. The fourth-order valence-electron chi connectivity index (χ4n) is 1.82. The van der Waals surface area contributed by atoms with Crippen molar-refractivity contribution in [3.05, 3.63) is 58.9 Å². The van der Waals surface area contributed by atoms with Crippen LogP contribution in [0.2, 0.25) is 0 Å². The topological polar surface area (TPSA) is 35.2 Å². The molecule has 2 aromatic carbocycles. The third-order valence-corrected chi connectivity index (χ3v) is 2.85. The molecule has 0 saturated heterocycles. The van der Waals surface area contributed by atoms with E-state index in [0.717, 1.165) is 16.7 Å². The lowest BCUT2D eigenvalue weighted by Gasteiger charge is -2.12. The van der Waals surface area contributed by atoms with Crippen LogP contribution in [0, 0.1) is 19.7 Å². The summed E-state index contributed by atoms with van der Waals surface area (Å²) in [4.78, 5) is 0. The molecular formula is C15H16FNO. The Bertz CT molecular complexity index is 546.